The molecule has 1 saturated carbocycles. The third-order valence-electron chi connectivity index (χ3n) is 2.51. The van der Waals surface area contributed by atoms with E-state index in [1.54, 1.807) is 17.5 Å². The zero-order valence-electron chi connectivity index (χ0n) is 8.29. The van der Waals surface area contributed by atoms with E-state index < -0.39 is 0 Å². The number of hydrogen-bond acceptors (Lipinski definition) is 3. The van der Waals surface area contributed by atoms with Crippen LogP contribution >= 0.6 is 22.9 Å². The van der Waals surface area contributed by atoms with Crippen molar-refractivity contribution in [2.75, 3.05) is 0 Å². The Kier molecular flexibility index (Phi) is 3.42. The molecule has 0 aromatic carbocycles. The fourth-order valence-corrected chi connectivity index (χ4v) is 2.48. The van der Waals surface area contributed by atoms with E-state index in [0.29, 0.717) is 6.04 Å². The van der Waals surface area contributed by atoms with Gasteiger partial charge in [0, 0.05) is 12.6 Å². The van der Waals surface area contributed by atoms with E-state index in [1.165, 1.54) is 19.3 Å². The second-order valence-electron chi connectivity index (χ2n) is 4.02. The Bertz CT molecular complexity index is 296. The maximum atomic E-state index is 5.80. The van der Waals surface area contributed by atoms with E-state index in [1.807, 2.05) is 0 Å². The smallest absolute Gasteiger partial charge is 0.113 e. The van der Waals surface area contributed by atoms with Crippen molar-refractivity contribution >= 4 is 22.9 Å². The standard InChI is InChI=1S/C10H15ClN2S/c1-7(4-8-2-3-8)12-6-10-13-5-9(11)14-10/h5,7-8,12H,2-4,6H2,1H3. The minimum Gasteiger partial charge on any atom is -0.308 e. The maximum absolute atomic E-state index is 5.80. The first-order chi connectivity index (χ1) is 6.74. The van der Waals surface area contributed by atoms with Crippen LogP contribution in [0.1, 0.15) is 31.2 Å². The second kappa shape index (κ2) is 4.60. The van der Waals surface area contributed by atoms with Crippen LogP contribution in [-0.2, 0) is 6.54 Å². The molecule has 1 aliphatic carbocycles. The summed E-state index contributed by atoms with van der Waals surface area (Å²) in [6.45, 7) is 3.10. The summed E-state index contributed by atoms with van der Waals surface area (Å²) < 4.78 is 0.775. The quantitative estimate of drug-likeness (QED) is 0.841. The Labute approximate surface area is 93.7 Å². The molecule has 1 heterocycles. The van der Waals surface area contributed by atoms with Gasteiger partial charge in [-0.2, -0.15) is 0 Å². The number of nitrogens with one attached hydrogen (secondary N) is 1. The molecule has 2 nitrogen and oxygen atoms in total. The summed E-state index contributed by atoms with van der Waals surface area (Å²) in [6.07, 6.45) is 5.87. The highest BCUT2D eigenvalue weighted by atomic mass is 35.5. The lowest BCUT2D eigenvalue weighted by molar-refractivity contribution is 0.487. The monoisotopic (exact) mass is 230 g/mol. The number of aromatic nitrogens is 1. The zero-order valence-corrected chi connectivity index (χ0v) is 9.87. The van der Waals surface area contributed by atoms with Crippen LogP contribution in [0.2, 0.25) is 4.34 Å². The number of halogens is 1. The summed E-state index contributed by atoms with van der Waals surface area (Å²) in [4.78, 5) is 4.21. The molecular weight excluding hydrogens is 216 g/mol. The van der Waals surface area contributed by atoms with Crippen molar-refractivity contribution in [3.05, 3.63) is 15.5 Å². The van der Waals surface area contributed by atoms with Crippen LogP contribution in [0.4, 0.5) is 0 Å². The van der Waals surface area contributed by atoms with Crippen molar-refractivity contribution in [1.29, 1.82) is 0 Å². The van der Waals surface area contributed by atoms with Crippen LogP contribution in [0.3, 0.4) is 0 Å². The Morgan fingerprint density at radius 3 is 3.07 bits per heavy atom. The first-order valence-electron chi connectivity index (χ1n) is 5.07. The van der Waals surface area contributed by atoms with Crippen molar-refractivity contribution in [3.8, 4) is 0 Å². The van der Waals surface area contributed by atoms with E-state index in [4.69, 9.17) is 11.6 Å². The van der Waals surface area contributed by atoms with Gasteiger partial charge in [0.2, 0.25) is 0 Å². The maximum Gasteiger partial charge on any atom is 0.113 e. The average molecular weight is 231 g/mol. The van der Waals surface area contributed by atoms with Gasteiger partial charge in [0.1, 0.15) is 9.34 Å². The fourth-order valence-electron chi connectivity index (χ4n) is 1.57. The lowest BCUT2D eigenvalue weighted by Gasteiger charge is -2.11. The lowest BCUT2D eigenvalue weighted by Crippen LogP contribution is -2.25. The van der Waals surface area contributed by atoms with E-state index in [-0.39, 0.29) is 0 Å². The summed E-state index contributed by atoms with van der Waals surface area (Å²) in [5.41, 5.74) is 0. The van der Waals surface area contributed by atoms with Gasteiger partial charge in [-0.25, -0.2) is 4.98 Å². The molecule has 1 unspecified atom stereocenters. The van der Waals surface area contributed by atoms with E-state index >= 15 is 0 Å². The van der Waals surface area contributed by atoms with Gasteiger partial charge in [0.25, 0.3) is 0 Å². The minimum absolute atomic E-state index is 0.602. The molecule has 1 aromatic heterocycles. The third kappa shape index (κ3) is 3.23. The number of thiazole rings is 1. The molecular formula is C10H15ClN2S. The van der Waals surface area contributed by atoms with Crippen LogP contribution in [0.5, 0.6) is 0 Å². The van der Waals surface area contributed by atoms with Gasteiger partial charge < -0.3 is 5.32 Å². The molecule has 0 bridgehead atoms. The SMILES string of the molecule is CC(CC1CC1)NCc1ncc(Cl)s1. The normalized spacial score (nSPS) is 18.4. The summed E-state index contributed by atoms with van der Waals surface area (Å²) in [5, 5.41) is 4.55. The van der Waals surface area contributed by atoms with Crippen LogP contribution in [0.15, 0.2) is 6.20 Å². The van der Waals surface area contributed by atoms with E-state index in [0.717, 1.165) is 21.8 Å². The lowest BCUT2D eigenvalue weighted by atomic mass is 10.2. The molecule has 0 amide bonds. The highest BCUT2D eigenvalue weighted by Gasteiger charge is 2.23. The molecule has 0 spiro atoms. The van der Waals surface area contributed by atoms with Crippen molar-refractivity contribution in [3.63, 3.8) is 0 Å². The Morgan fingerprint density at radius 1 is 1.71 bits per heavy atom. The van der Waals surface area contributed by atoms with Crippen molar-refractivity contribution in [1.82, 2.24) is 10.3 Å². The molecule has 1 aromatic rings. The second-order valence-corrected chi connectivity index (χ2v) is 5.77. The molecule has 1 atom stereocenters. The molecule has 0 aliphatic heterocycles. The summed E-state index contributed by atoms with van der Waals surface area (Å²) in [6, 6.07) is 0.602. The van der Waals surface area contributed by atoms with Crippen molar-refractivity contribution < 1.29 is 0 Å². The Hall–Kier alpha value is -0.120. The third-order valence-corrected chi connectivity index (χ3v) is 3.63. The minimum atomic E-state index is 0.602. The van der Waals surface area contributed by atoms with Gasteiger partial charge >= 0.3 is 0 Å². The van der Waals surface area contributed by atoms with Crippen molar-refractivity contribution in [2.24, 2.45) is 5.92 Å². The first kappa shape index (κ1) is 10.4. The van der Waals surface area contributed by atoms with Gasteiger partial charge in [0.15, 0.2) is 0 Å². The van der Waals surface area contributed by atoms with Gasteiger partial charge in [0.05, 0.1) is 6.20 Å². The highest BCUT2D eigenvalue weighted by Crippen LogP contribution is 2.33. The van der Waals surface area contributed by atoms with E-state index in [2.05, 4.69) is 17.2 Å². The largest absolute Gasteiger partial charge is 0.308 e. The predicted molar refractivity (Wildman–Crippen MR) is 60.8 cm³/mol. The average Bonchev–Trinajstić information content (AvgIpc) is 2.85. The highest BCUT2D eigenvalue weighted by molar-refractivity contribution is 7.15. The molecule has 78 valence electrons. The molecule has 4 heteroatoms. The number of hydrogen-bond donors (Lipinski definition) is 1. The molecule has 1 aliphatic rings. The molecule has 1 fully saturated rings. The summed E-state index contributed by atoms with van der Waals surface area (Å²) in [5.74, 6) is 0.984. The fraction of sp³-hybridized carbons (Fsp3) is 0.700. The Morgan fingerprint density at radius 2 is 2.50 bits per heavy atom. The summed E-state index contributed by atoms with van der Waals surface area (Å²) in [7, 11) is 0. The Balaban J connectivity index is 1.70. The summed E-state index contributed by atoms with van der Waals surface area (Å²) >= 11 is 7.35. The zero-order chi connectivity index (χ0) is 9.97. The number of rotatable bonds is 5. The van der Waals surface area contributed by atoms with E-state index in [9.17, 15) is 0 Å². The van der Waals surface area contributed by atoms with Gasteiger partial charge in [-0.3, -0.25) is 0 Å². The predicted octanol–water partition coefficient (Wildman–Crippen LogP) is 3.07. The van der Waals surface area contributed by atoms with Gasteiger partial charge in [-0.05, 0) is 19.3 Å². The first-order valence-corrected chi connectivity index (χ1v) is 6.27. The van der Waals surface area contributed by atoms with Gasteiger partial charge in [-0.15, -0.1) is 11.3 Å². The molecule has 2 rings (SSSR count). The molecule has 0 radical (unpaired) electrons. The van der Waals surface area contributed by atoms with Gasteiger partial charge in [-0.1, -0.05) is 24.4 Å². The number of nitrogens with zero attached hydrogens (tertiary/aromatic N) is 1. The topological polar surface area (TPSA) is 24.9 Å². The van der Waals surface area contributed by atoms with Crippen LogP contribution < -0.4 is 5.32 Å². The van der Waals surface area contributed by atoms with Crippen LogP contribution in [-0.4, -0.2) is 11.0 Å². The van der Waals surface area contributed by atoms with Crippen molar-refractivity contribution in [2.45, 2.75) is 38.8 Å². The van der Waals surface area contributed by atoms with Crippen LogP contribution in [0.25, 0.3) is 0 Å². The molecule has 1 N–H and O–H groups in total. The molecule has 14 heavy (non-hydrogen) atoms. The van der Waals surface area contributed by atoms with Crippen LogP contribution in [0, 0.1) is 5.92 Å². The molecule has 0 saturated heterocycles.